The molecule has 1 atom stereocenters. The van der Waals surface area contributed by atoms with Crippen molar-refractivity contribution >= 4 is 0 Å². The number of hydrogen-bond donors (Lipinski definition) is 1. The van der Waals surface area contributed by atoms with Crippen LogP contribution < -0.4 is 5.32 Å². The predicted molar refractivity (Wildman–Crippen MR) is 81.0 cm³/mol. The van der Waals surface area contributed by atoms with Gasteiger partial charge < -0.3 is 5.32 Å². The highest BCUT2D eigenvalue weighted by Crippen LogP contribution is 2.28. The molecular weight excluding hydrogens is 218 g/mol. The van der Waals surface area contributed by atoms with Gasteiger partial charge in [-0.25, -0.2) is 0 Å². The van der Waals surface area contributed by atoms with E-state index in [1.807, 2.05) is 0 Å². The molecule has 100 valence electrons. The average molecular weight is 245 g/mol. The van der Waals surface area contributed by atoms with Crippen LogP contribution in [0.15, 0.2) is 36.4 Å². The second kappa shape index (κ2) is 6.75. The second-order valence-electron chi connectivity index (χ2n) is 5.76. The van der Waals surface area contributed by atoms with Gasteiger partial charge in [-0.1, -0.05) is 69.7 Å². The lowest BCUT2D eigenvalue weighted by Crippen LogP contribution is -2.29. The third-order valence-corrected chi connectivity index (χ3v) is 3.40. The molecule has 0 aliphatic heterocycles. The molecule has 0 saturated carbocycles. The molecule has 1 rings (SSSR count). The van der Waals surface area contributed by atoms with Crippen LogP contribution in [0.3, 0.4) is 0 Å². The van der Waals surface area contributed by atoms with Crippen LogP contribution in [0.5, 0.6) is 0 Å². The minimum absolute atomic E-state index is 0.410. The highest BCUT2D eigenvalue weighted by molar-refractivity contribution is 5.31. The lowest BCUT2D eigenvalue weighted by atomic mass is 9.85. The normalized spacial score (nSPS) is 13.1. The van der Waals surface area contributed by atoms with Crippen LogP contribution in [0.4, 0.5) is 0 Å². The van der Waals surface area contributed by atoms with Crippen LogP contribution in [-0.2, 0) is 0 Å². The third-order valence-electron chi connectivity index (χ3n) is 3.40. The van der Waals surface area contributed by atoms with E-state index in [2.05, 4.69) is 70.8 Å². The van der Waals surface area contributed by atoms with E-state index in [0.29, 0.717) is 17.9 Å². The molecule has 0 saturated heterocycles. The summed E-state index contributed by atoms with van der Waals surface area (Å²) in [5, 5.41) is 3.53. The number of rotatable bonds is 6. The van der Waals surface area contributed by atoms with Crippen molar-refractivity contribution in [2.45, 2.75) is 46.6 Å². The van der Waals surface area contributed by atoms with Crippen LogP contribution in [-0.4, -0.2) is 12.6 Å². The Morgan fingerprint density at radius 2 is 1.67 bits per heavy atom. The lowest BCUT2D eigenvalue weighted by molar-refractivity contribution is 0.535. The van der Waals surface area contributed by atoms with Crippen molar-refractivity contribution in [1.82, 2.24) is 5.32 Å². The number of benzene rings is 1. The summed E-state index contributed by atoms with van der Waals surface area (Å²) in [6.07, 6.45) is 0. The monoisotopic (exact) mass is 245 g/mol. The maximum Gasteiger partial charge on any atom is 0.0173 e. The van der Waals surface area contributed by atoms with Crippen LogP contribution in [0.1, 0.15) is 44.7 Å². The lowest BCUT2D eigenvalue weighted by Gasteiger charge is -2.24. The molecule has 1 aromatic rings. The largest absolute Gasteiger partial charge is 0.314 e. The van der Waals surface area contributed by atoms with E-state index in [0.717, 1.165) is 6.54 Å². The first-order valence-electron chi connectivity index (χ1n) is 6.90. The standard InChI is InChI=1S/C17H27N/c1-12(2)15(6)17(11-18-13(3)4)16-9-7-14(5)8-10-16/h7-10,12-13,17-18H,6,11H2,1-5H3/t17-/m0/s1. The van der Waals surface area contributed by atoms with Gasteiger partial charge in [-0.2, -0.15) is 0 Å². The Balaban J connectivity index is 2.89. The molecule has 0 aliphatic rings. The summed E-state index contributed by atoms with van der Waals surface area (Å²) in [6, 6.07) is 9.35. The fraction of sp³-hybridized carbons (Fsp3) is 0.529. The van der Waals surface area contributed by atoms with E-state index in [9.17, 15) is 0 Å². The Morgan fingerprint density at radius 3 is 2.11 bits per heavy atom. The van der Waals surface area contributed by atoms with Crippen LogP contribution in [0.2, 0.25) is 0 Å². The average Bonchev–Trinajstić information content (AvgIpc) is 2.30. The Labute approximate surface area is 112 Å². The Bertz CT molecular complexity index is 373. The van der Waals surface area contributed by atoms with E-state index in [1.54, 1.807) is 0 Å². The molecule has 0 unspecified atom stereocenters. The summed E-state index contributed by atoms with van der Waals surface area (Å²) < 4.78 is 0. The molecule has 1 nitrogen and oxygen atoms in total. The molecule has 1 N–H and O–H groups in total. The summed E-state index contributed by atoms with van der Waals surface area (Å²) >= 11 is 0. The van der Waals surface area contributed by atoms with Crippen LogP contribution in [0, 0.1) is 12.8 Å². The van der Waals surface area contributed by atoms with Gasteiger partial charge in [0.05, 0.1) is 0 Å². The first-order valence-corrected chi connectivity index (χ1v) is 6.90. The third kappa shape index (κ3) is 4.30. The Kier molecular flexibility index (Phi) is 5.61. The van der Waals surface area contributed by atoms with Gasteiger partial charge in [0.25, 0.3) is 0 Å². The smallest absolute Gasteiger partial charge is 0.0173 e. The van der Waals surface area contributed by atoms with Gasteiger partial charge in [-0.15, -0.1) is 0 Å². The summed E-state index contributed by atoms with van der Waals surface area (Å²) in [7, 11) is 0. The van der Waals surface area contributed by atoms with Gasteiger partial charge >= 0.3 is 0 Å². The SMILES string of the molecule is C=C(C(C)C)[C@H](CNC(C)C)c1ccc(C)cc1. The predicted octanol–water partition coefficient (Wildman–Crippen LogP) is 4.29. The molecule has 0 spiro atoms. The summed E-state index contributed by atoms with van der Waals surface area (Å²) in [5.41, 5.74) is 3.99. The molecule has 0 bridgehead atoms. The maximum absolute atomic E-state index is 4.29. The van der Waals surface area contributed by atoms with E-state index in [4.69, 9.17) is 0 Å². The van der Waals surface area contributed by atoms with Crippen molar-refractivity contribution in [1.29, 1.82) is 0 Å². The summed E-state index contributed by atoms with van der Waals surface area (Å²) in [4.78, 5) is 0. The van der Waals surface area contributed by atoms with E-state index >= 15 is 0 Å². The van der Waals surface area contributed by atoms with Gasteiger partial charge in [0.2, 0.25) is 0 Å². The summed E-state index contributed by atoms with van der Waals surface area (Å²) in [5.74, 6) is 0.929. The molecule has 18 heavy (non-hydrogen) atoms. The zero-order chi connectivity index (χ0) is 13.7. The zero-order valence-electron chi connectivity index (χ0n) is 12.5. The molecule has 1 heteroatoms. The zero-order valence-corrected chi connectivity index (χ0v) is 12.5. The molecule has 0 radical (unpaired) electrons. The van der Waals surface area contributed by atoms with Crippen molar-refractivity contribution in [3.8, 4) is 0 Å². The molecule has 0 heterocycles. The molecule has 0 aromatic heterocycles. The van der Waals surface area contributed by atoms with Crippen molar-refractivity contribution in [2.24, 2.45) is 5.92 Å². The summed E-state index contributed by atoms with van der Waals surface area (Å²) in [6.45, 7) is 16.2. The molecule has 0 fully saturated rings. The van der Waals surface area contributed by atoms with Crippen molar-refractivity contribution in [3.63, 3.8) is 0 Å². The topological polar surface area (TPSA) is 12.0 Å². The molecular formula is C17H27N. The minimum Gasteiger partial charge on any atom is -0.314 e. The highest BCUT2D eigenvalue weighted by atomic mass is 14.9. The molecule has 0 amide bonds. The van der Waals surface area contributed by atoms with Gasteiger partial charge in [-0.05, 0) is 18.4 Å². The fourth-order valence-corrected chi connectivity index (χ4v) is 2.02. The number of nitrogens with one attached hydrogen (secondary N) is 1. The maximum atomic E-state index is 4.29. The fourth-order valence-electron chi connectivity index (χ4n) is 2.02. The van der Waals surface area contributed by atoms with Crippen molar-refractivity contribution in [2.75, 3.05) is 6.54 Å². The quantitative estimate of drug-likeness (QED) is 0.737. The van der Waals surface area contributed by atoms with Gasteiger partial charge in [0, 0.05) is 18.5 Å². The highest BCUT2D eigenvalue weighted by Gasteiger charge is 2.17. The first-order chi connectivity index (χ1) is 8.41. The van der Waals surface area contributed by atoms with Crippen LogP contribution >= 0.6 is 0 Å². The number of hydrogen-bond acceptors (Lipinski definition) is 1. The Hall–Kier alpha value is -1.08. The van der Waals surface area contributed by atoms with Crippen LogP contribution in [0.25, 0.3) is 0 Å². The second-order valence-corrected chi connectivity index (χ2v) is 5.76. The number of aryl methyl sites for hydroxylation is 1. The van der Waals surface area contributed by atoms with E-state index < -0.39 is 0 Å². The molecule has 0 aliphatic carbocycles. The minimum atomic E-state index is 0.410. The molecule has 1 aromatic carbocycles. The Morgan fingerprint density at radius 1 is 1.11 bits per heavy atom. The van der Waals surface area contributed by atoms with Crippen molar-refractivity contribution < 1.29 is 0 Å². The van der Waals surface area contributed by atoms with E-state index in [-0.39, 0.29) is 0 Å². The van der Waals surface area contributed by atoms with Crippen molar-refractivity contribution in [3.05, 3.63) is 47.5 Å². The van der Waals surface area contributed by atoms with Gasteiger partial charge in [-0.3, -0.25) is 0 Å². The van der Waals surface area contributed by atoms with Gasteiger partial charge in [0.15, 0.2) is 0 Å². The first kappa shape index (κ1) is 15.0. The van der Waals surface area contributed by atoms with Gasteiger partial charge in [0.1, 0.15) is 0 Å². The van der Waals surface area contributed by atoms with E-state index in [1.165, 1.54) is 16.7 Å².